The molecule has 0 unspecified atom stereocenters. The molecule has 0 radical (unpaired) electrons. The zero-order valence-electron chi connectivity index (χ0n) is 14.0. The molecule has 1 rings (SSSR count). The first-order chi connectivity index (χ1) is 11.9. The van der Waals surface area contributed by atoms with Crippen LogP contribution in [0.25, 0.3) is 0 Å². The molecule has 3 amide bonds. The first-order valence-corrected chi connectivity index (χ1v) is 9.34. The van der Waals surface area contributed by atoms with Gasteiger partial charge in [0.15, 0.2) is 6.61 Å². The summed E-state index contributed by atoms with van der Waals surface area (Å²) in [6.45, 7) is -0.611. The fourth-order valence-corrected chi connectivity index (χ4v) is 3.33. The van der Waals surface area contributed by atoms with Gasteiger partial charge in [-0.2, -0.15) is 13.2 Å². The topological polar surface area (TPSA) is 122 Å². The molecule has 0 aromatic rings. The van der Waals surface area contributed by atoms with E-state index in [1.165, 1.54) is 16.5 Å². The van der Waals surface area contributed by atoms with E-state index in [0.717, 1.165) is 0 Å². The van der Waals surface area contributed by atoms with E-state index in [0.29, 0.717) is 0 Å². The zero-order chi connectivity index (χ0) is 20.0. The maximum absolute atomic E-state index is 11.9. The Labute approximate surface area is 148 Å². The van der Waals surface area contributed by atoms with Crippen molar-refractivity contribution in [3.8, 4) is 0 Å². The van der Waals surface area contributed by atoms with Crippen molar-refractivity contribution in [2.45, 2.75) is 25.9 Å². The number of carbonyl (C=O) groups excluding carboxylic acids is 3. The summed E-state index contributed by atoms with van der Waals surface area (Å²) in [5, 5.41) is 3.02. The molecule has 0 aromatic carbocycles. The Balaban J connectivity index is 2.32. The van der Waals surface area contributed by atoms with E-state index >= 15 is 0 Å². The highest BCUT2D eigenvalue weighted by molar-refractivity contribution is 7.89. The van der Waals surface area contributed by atoms with Crippen molar-refractivity contribution in [2.75, 3.05) is 32.0 Å². The average molecular weight is 403 g/mol. The number of ether oxygens (including phenoxy) is 1. The van der Waals surface area contributed by atoms with Gasteiger partial charge in [0.05, 0.1) is 11.7 Å². The highest BCUT2D eigenvalue weighted by Crippen LogP contribution is 2.21. The van der Waals surface area contributed by atoms with Crippen molar-refractivity contribution in [1.29, 1.82) is 0 Å². The summed E-state index contributed by atoms with van der Waals surface area (Å²) in [7, 11) is -3.33. The molecule has 0 bridgehead atoms. The van der Waals surface area contributed by atoms with E-state index < -0.39 is 53.2 Å². The number of halogens is 3. The van der Waals surface area contributed by atoms with Gasteiger partial charge < -0.3 is 10.1 Å². The minimum absolute atomic E-state index is 0.0430. The average Bonchev–Trinajstić information content (AvgIpc) is 2.57. The Morgan fingerprint density at radius 3 is 2.27 bits per heavy atom. The van der Waals surface area contributed by atoms with Crippen LogP contribution in [-0.2, 0) is 24.3 Å². The van der Waals surface area contributed by atoms with Crippen LogP contribution in [0.4, 0.5) is 18.0 Å². The molecule has 9 nitrogen and oxygen atoms in total. The Morgan fingerprint density at radius 2 is 1.77 bits per heavy atom. The summed E-state index contributed by atoms with van der Waals surface area (Å²) in [4.78, 5) is 34.3. The monoisotopic (exact) mass is 403 g/mol. The normalized spacial score (nSPS) is 16.8. The largest absolute Gasteiger partial charge is 0.455 e. The Kier molecular flexibility index (Phi) is 7.81. The molecule has 0 aliphatic carbocycles. The lowest BCUT2D eigenvalue weighted by atomic mass is 9.98. The minimum atomic E-state index is -4.62. The third kappa shape index (κ3) is 7.56. The molecule has 0 atom stereocenters. The van der Waals surface area contributed by atoms with Gasteiger partial charge in [-0.1, -0.05) is 0 Å². The number of amides is 3. The minimum Gasteiger partial charge on any atom is -0.455 e. The fraction of sp³-hybridized carbons (Fsp3) is 0.769. The summed E-state index contributed by atoms with van der Waals surface area (Å²) in [5.74, 6) is -2.45. The number of alkyl halides is 3. The van der Waals surface area contributed by atoms with Crippen molar-refractivity contribution < 1.29 is 40.7 Å². The van der Waals surface area contributed by atoms with E-state index in [4.69, 9.17) is 4.74 Å². The van der Waals surface area contributed by atoms with Crippen molar-refractivity contribution in [1.82, 2.24) is 14.9 Å². The summed E-state index contributed by atoms with van der Waals surface area (Å²) < 4.78 is 65.1. The van der Waals surface area contributed by atoms with E-state index in [1.54, 1.807) is 5.32 Å². The van der Waals surface area contributed by atoms with Crippen LogP contribution in [0.2, 0.25) is 0 Å². The molecule has 1 aliphatic heterocycles. The van der Waals surface area contributed by atoms with E-state index in [-0.39, 0.29) is 31.7 Å². The smallest absolute Gasteiger partial charge is 0.405 e. The van der Waals surface area contributed by atoms with Crippen molar-refractivity contribution >= 4 is 27.9 Å². The van der Waals surface area contributed by atoms with Crippen LogP contribution in [0.5, 0.6) is 0 Å². The standard InChI is InChI=1S/C13H20F3N3O6S/c1-2-26(23,24)19-5-3-9(4-6-19)11(21)25-7-10(20)18-12(22)17-8-13(14,15)16/h9H,2-8H2,1H3,(H2,17,18,20,22). The molecule has 2 N–H and O–H groups in total. The highest BCUT2D eigenvalue weighted by Gasteiger charge is 2.31. The maximum Gasteiger partial charge on any atom is 0.405 e. The summed E-state index contributed by atoms with van der Waals surface area (Å²) in [6, 6.07) is -1.36. The molecule has 26 heavy (non-hydrogen) atoms. The second-order valence-electron chi connectivity index (χ2n) is 5.53. The highest BCUT2D eigenvalue weighted by atomic mass is 32.2. The lowest BCUT2D eigenvalue weighted by Crippen LogP contribution is -2.45. The summed E-state index contributed by atoms with van der Waals surface area (Å²) in [5.41, 5.74) is 0. The fourth-order valence-electron chi connectivity index (χ4n) is 2.19. The van der Waals surface area contributed by atoms with Gasteiger partial charge in [0.1, 0.15) is 6.54 Å². The Hall–Kier alpha value is -1.89. The number of hydrogen-bond acceptors (Lipinski definition) is 6. The van der Waals surface area contributed by atoms with E-state index in [9.17, 15) is 36.0 Å². The van der Waals surface area contributed by atoms with Gasteiger partial charge in [0.2, 0.25) is 10.0 Å². The number of nitrogens with one attached hydrogen (secondary N) is 2. The maximum atomic E-state index is 11.9. The number of sulfonamides is 1. The molecule has 1 saturated heterocycles. The van der Waals surface area contributed by atoms with Gasteiger partial charge in [-0.05, 0) is 19.8 Å². The number of imide groups is 1. The van der Waals surface area contributed by atoms with Crippen molar-refractivity contribution in [3.05, 3.63) is 0 Å². The predicted octanol–water partition coefficient (Wildman–Crippen LogP) is -0.0206. The van der Waals surface area contributed by atoms with E-state index in [1.807, 2.05) is 0 Å². The first-order valence-electron chi connectivity index (χ1n) is 7.73. The number of hydrogen-bond donors (Lipinski definition) is 2. The Morgan fingerprint density at radius 1 is 1.19 bits per heavy atom. The summed E-state index contributed by atoms with van der Waals surface area (Å²) in [6.07, 6.45) is -4.16. The molecule has 0 aromatic heterocycles. The van der Waals surface area contributed by atoms with Crippen LogP contribution in [0.3, 0.4) is 0 Å². The van der Waals surface area contributed by atoms with Crippen LogP contribution in [0.1, 0.15) is 19.8 Å². The molecule has 13 heteroatoms. The number of carbonyl (C=O) groups is 3. The Bertz CT molecular complexity index is 630. The second kappa shape index (κ2) is 9.16. The van der Waals surface area contributed by atoms with Crippen LogP contribution in [0.15, 0.2) is 0 Å². The van der Waals surface area contributed by atoms with Gasteiger partial charge in [0.25, 0.3) is 5.91 Å². The predicted molar refractivity (Wildman–Crippen MR) is 82.3 cm³/mol. The molecule has 1 fully saturated rings. The first kappa shape index (κ1) is 22.2. The molecule has 0 spiro atoms. The van der Waals surface area contributed by atoms with Gasteiger partial charge >= 0.3 is 18.2 Å². The van der Waals surface area contributed by atoms with Gasteiger partial charge in [-0.3, -0.25) is 14.9 Å². The molecular formula is C13H20F3N3O6S. The number of piperidine rings is 1. The number of rotatable bonds is 6. The zero-order valence-corrected chi connectivity index (χ0v) is 14.8. The lowest BCUT2D eigenvalue weighted by Gasteiger charge is -2.29. The SMILES string of the molecule is CCS(=O)(=O)N1CCC(C(=O)OCC(=O)NC(=O)NCC(F)(F)F)CC1. The molecule has 1 aliphatic rings. The molecular weight excluding hydrogens is 383 g/mol. The number of urea groups is 1. The second-order valence-corrected chi connectivity index (χ2v) is 7.79. The summed E-state index contributed by atoms with van der Waals surface area (Å²) >= 11 is 0. The van der Waals surface area contributed by atoms with Crippen molar-refractivity contribution in [2.24, 2.45) is 5.92 Å². The van der Waals surface area contributed by atoms with Gasteiger partial charge in [-0.15, -0.1) is 0 Å². The van der Waals surface area contributed by atoms with Gasteiger partial charge in [0, 0.05) is 13.1 Å². The lowest BCUT2D eigenvalue weighted by molar-refractivity contribution is -0.153. The van der Waals surface area contributed by atoms with Gasteiger partial charge in [-0.25, -0.2) is 17.5 Å². The number of esters is 1. The molecule has 150 valence electrons. The molecule has 0 saturated carbocycles. The quantitative estimate of drug-likeness (QED) is 0.601. The van der Waals surface area contributed by atoms with Crippen LogP contribution in [-0.4, -0.2) is 68.8 Å². The third-order valence-electron chi connectivity index (χ3n) is 3.59. The van der Waals surface area contributed by atoms with Crippen LogP contribution in [0, 0.1) is 5.92 Å². The van der Waals surface area contributed by atoms with Crippen LogP contribution >= 0.6 is 0 Å². The number of nitrogens with zero attached hydrogens (tertiary/aromatic N) is 1. The van der Waals surface area contributed by atoms with Crippen LogP contribution < -0.4 is 10.6 Å². The van der Waals surface area contributed by atoms with Crippen molar-refractivity contribution in [3.63, 3.8) is 0 Å². The molecule has 1 heterocycles. The van der Waals surface area contributed by atoms with E-state index in [2.05, 4.69) is 0 Å². The third-order valence-corrected chi connectivity index (χ3v) is 5.47.